The van der Waals surface area contributed by atoms with Crippen LogP contribution in [-0.4, -0.2) is 11.7 Å². The van der Waals surface area contributed by atoms with Gasteiger partial charge < -0.3 is 0 Å². The van der Waals surface area contributed by atoms with E-state index in [4.69, 9.17) is 27.8 Å². The minimum atomic E-state index is 0.607. The Morgan fingerprint density at radius 1 is 0.955 bits per heavy atom. The first kappa shape index (κ1) is 22.0. The van der Waals surface area contributed by atoms with Crippen LogP contribution in [0, 0.1) is 20.0 Å². The Bertz CT molecular complexity index is 566. The molecule has 1 aromatic carbocycles. The van der Waals surface area contributed by atoms with Gasteiger partial charge in [0, 0.05) is 0 Å². The molecule has 0 radical (unpaired) electrons. The monoisotopic (exact) mass is 338 g/mol. The third-order valence-electron chi connectivity index (χ3n) is 1.99. The first-order chi connectivity index (χ1) is 10.8. The quantitative estimate of drug-likeness (QED) is 0.632. The van der Waals surface area contributed by atoms with Crippen LogP contribution in [0.4, 0.5) is 0 Å². The fraction of sp³-hybridized carbons (Fsp3) is 0.0667. The zero-order valence-corrected chi connectivity index (χ0v) is 12.7. The summed E-state index contributed by atoms with van der Waals surface area (Å²) in [4.78, 5) is 0. The van der Waals surface area contributed by atoms with Crippen molar-refractivity contribution in [1.29, 1.82) is 0 Å². The van der Waals surface area contributed by atoms with Gasteiger partial charge in [-0.3, -0.25) is 0 Å². The van der Waals surface area contributed by atoms with Gasteiger partial charge in [-0.05, 0) is 0 Å². The average molecular weight is 338 g/mol. The van der Waals surface area contributed by atoms with Crippen molar-refractivity contribution >= 4 is 4.57 Å². The van der Waals surface area contributed by atoms with E-state index < -0.39 is 0 Å². The van der Waals surface area contributed by atoms with E-state index in [1.54, 1.807) is 13.4 Å². The number of benzene rings is 1. The van der Waals surface area contributed by atoms with Crippen LogP contribution in [-0.2, 0) is 29.8 Å². The van der Waals surface area contributed by atoms with E-state index >= 15 is 0 Å². The van der Waals surface area contributed by atoms with E-state index in [2.05, 4.69) is 35.8 Å². The molecule has 0 atom stereocenters. The van der Waals surface area contributed by atoms with Crippen LogP contribution >= 0.6 is 0 Å². The third kappa shape index (κ3) is 8.11. The second kappa shape index (κ2) is 15.1. The van der Waals surface area contributed by atoms with E-state index in [-0.39, 0.29) is 0 Å². The van der Waals surface area contributed by atoms with Gasteiger partial charge in [0.2, 0.25) is 0 Å². The Labute approximate surface area is 135 Å². The molecule has 0 saturated carbocycles. The van der Waals surface area contributed by atoms with Crippen molar-refractivity contribution in [3.05, 3.63) is 68.4 Å². The zero-order valence-electron chi connectivity index (χ0n) is 11.4. The van der Waals surface area contributed by atoms with Gasteiger partial charge >= 0.3 is 135 Å². The van der Waals surface area contributed by atoms with Crippen LogP contribution in [0.5, 0.6) is 11.5 Å². The van der Waals surface area contributed by atoms with Crippen LogP contribution in [0.3, 0.4) is 0 Å². The Balaban J connectivity index is 0. The molecule has 0 aliphatic carbocycles. The van der Waals surface area contributed by atoms with E-state index in [1.807, 2.05) is 36.4 Å². The fourth-order valence-corrected chi connectivity index (χ4v) is 1.53. The minimum absolute atomic E-state index is 0.607. The van der Waals surface area contributed by atoms with Crippen molar-refractivity contribution in [3.8, 4) is 11.5 Å². The van der Waals surface area contributed by atoms with Crippen molar-refractivity contribution in [2.75, 3.05) is 7.11 Å². The molecule has 6 nitrogen and oxygen atoms in total. The van der Waals surface area contributed by atoms with Crippen molar-refractivity contribution in [2.24, 2.45) is 0 Å². The number of furan rings is 1. The molecule has 22 heavy (non-hydrogen) atoms. The summed E-state index contributed by atoms with van der Waals surface area (Å²) < 4.78 is 38.9. The maximum absolute atomic E-state index is 7.50. The van der Waals surface area contributed by atoms with Crippen LogP contribution < -0.4 is 9.47 Å². The molecule has 0 fully saturated rings. The fourth-order valence-electron chi connectivity index (χ4n) is 1.20. The van der Waals surface area contributed by atoms with Gasteiger partial charge in [0.25, 0.3) is 0 Å². The summed E-state index contributed by atoms with van der Waals surface area (Å²) in [5, 5.41) is 0. The summed E-state index contributed by atoms with van der Waals surface area (Å²) in [5.74, 6) is 2.20. The normalized spacial score (nSPS) is 7.41. The Morgan fingerprint density at radius 2 is 1.45 bits per heavy atom. The van der Waals surface area contributed by atoms with Crippen molar-refractivity contribution in [1.82, 2.24) is 0 Å². The summed E-state index contributed by atoms with van der Waals surface area (Å²) in [6.07, 6.45) is 1.60. The molecule has 0 bridgehead atoms. The summed E-state index contributed by atoms with van der Waals surface area (Å²) in [6, 6.07) is 11.0. The topological polar surface area (TPSA) is 91.3 Å². The molecule has 0 N–H and O–H groups in total. The molecule has 2 rings (SSSR count). The molecule has 2 aromatic rings. The van der Waals surface area contributed by atoms with Crippen molar-refractivity contribution in [3.63, 3.8) is 0 Å². The summed E-state index contributed by atoms with van der Waals surface area (Å²) in [7, 11) is 1.63. The first-order valence-electron chi connectivity index (χ1n) is 5.30. The molecule has 0 unspecified atom stereocenters. The van der Waals surface area contributed by atoms with Gasteiger partial charge in [-0.1, -0.05) is 0 Å². The molecule has 1 heterocycles. The number of rotatable bonds is 4. The average Bonchev–Trinajstić information content (AvgIpc) is 3.16. The van der Waals surface area contributed by atoms with Crippen LogP contribution in [0.15, 0.2) is 47.1 Å². The SMILES string of the molecule is COc1ccc(O[C](=[Cr])c2ccco2)cc1.[C-]#[O+].[C-]#[O+].[C-]#[O+]. The van der Waals surface area contributed by atoms with Gasteiger partial charge in [-0.2, -0.15) is 0 Å². The molecule has 1 aromatic heterocycles. The number of hydrogen-bond donors (Lipinski definition) is 0. The summed E-state index contributed by atoms with van der Waals surface area (Å²) in [6.45, 7) is 13.5. The molecule has 112 valence electrons. The predicted octanol–water partition coefficient (Wildman–Crippen LogP) is 2.28. The van der Waals surface area contributed by atoms with Crippen LogP contribution in [0.2, 0.25) is 0 Å². The number of hydrogen-bond acceptors (Lipinski definition) is 3. The van der Waals surface area contributed by atoms with Crippen molar-refractivity contribution in [2.45, 2.75) is 0 Å². The second-order valence-corrected chi connectivity index (χ2v) is 3.62. The Kier molecular flexibility index (Phi) is 15.1. The molecule has 0 spiro atoms. The van der Waals surface area contributed by atoms with Crippen LogP contribution in [0.1, 0.15) is 5.76 Å². The molecule has 0 saturated heterocycles. The zero-order chi connectivity index (χ0) is 17.4. The molecular weight excluding hydrogens is 328 g/mol. The Morgan fingerprint density at radius 3 is 1.86 bits per heavy atom. The summed E-state index contributed by atoms with van der Waals surface area (Å²) >= 11 is 2.83. The third-order valence-corrected chi connectivity index (χ3v) is 2.44. The van der Waals surface area contributed by atoms with E-state index in [1.165, 1.54) is 0 Å². The van der Waals surface area contributed by atoms with E-state index in [0.29, 0.717) is 10.3 Å². The number of methoxy groups -OCH3 is 1. The van der Waals surface area contributed by atoms with Gasteiger partial charge in [0.1, 0.15) is 0 Å². The molecular formula is C15H10CrO6. The van der Waals surface area contributed by atoms with Crippen molar-refractivity contribution < 1.29 is 43.7 Å². The number of ether oxygens (including phenoxy) is 2. The van der Waals surface area contributed by atoms with Gasteiger partial charge in [-0.25, -0.2) is 0 Å². The second-order valence-electron chi connectivity index (χ2n) is 3.04. The summed E-state index contributed by atoms with van der Waals surface area (Å²) in [5.41, 5.74) is 0. The Hall–Kier alpha value is -2.28. The molecule has 0 aliphatic rings. The maximum atomic E-state index is 7.50. The molecule has 0 aliphatic heterocycles. The standard InChI is InChI=1S/C12H10O3.3CO.Cr/c1-13-10-4-6-11(7-5-10)15-9-12-3-2-8-14-12;3*1-2;/h2-8H,1H3;;;;. The van der Waals surface area contributed by atoms with Crippen LogP contribution in [0.25, 0.3) is 0 Å². The first-order valence-corrected chi connectivity index (χ1v) is 5.94. The predicted molar refractivity (Wildman–Crippen MR) is 68.2 cm³/mol. The van der Waals surface area contributed by atoms with Gasteiger partial charge in [0.05, 0.1) is 0 Å². The van der Waals surface area contributed by atoms with Gasteiger partial charge in [-0.15, -0.1) is 0 Å². The van der Waals surface area contributed by atoms with E-state index in [0.717, 1.165) is 11.5 Å². The van der Waals surface area contributed by atoms with E-state index in [9.17, 15) is 0 Å². The molecule has 0 amide bonds. The molecule has 7 heteroatoms. The van der Waals surface area contributed by atoms with Gasteiger partial charge in [0.15, 0.2) is 0 Å².